The second-order valence-corrected chi connectivity index (χ2v) is 10.1. The molecule has 6 nitrogen and oxygen atoms in total. The number of aryl methyl sites for hydroxylation is 2. The summed E-state index contributed by atoms with van der Waals surface area (Å²) in [7, 11) is 0. The van der Waals surface area contributed by atoms with E-state index in [0.717, 1.165) is 24.2 Å². The molecule has 2 heterocycles. The topological polar surface area (TPSA) is 67.2 Å². The summed E-state index contributed by atoms with van der Waals surface area (Å²) in [4.78, 5) is 34.4. The molecule has 1 atom stereocenters. The molecule has 0 bridgehead atoms. The van der Waals surface area contributed by atoms with Crippen LogP contribution < -0.4 is 10.9 Å². The quantitative estimate of drug-likeness (QED) is 0.532. The molecule has 0 aliphatic carbocycles. The van der Waals surface area contributed by atoms with Crippen LogP contribution in [0.5, 0.6) is 0 Å². The van der Waals surface area contributed by atoms with Crippen molar-refractivity contribution < 1.29 is 4.79 Å². The van der Waals surface area contributed by atoms with Gasteiger partial charge in [-0.2, -0.15) is 0 Å². The minimum absolute atomic E-state index is 0.0191. The first-order valence-electron chi connectivity index (χ1n) is 12.5. The number of benzene rings is 2. The van der Waals surface area contributed by atoms with Crippen molar-refractivity contribution in [3.63, 3.8) is 0 Å². The highest BCUT2D eigenvalue weighted by Gasteiger charge is 2.35. The summed E-state index contributed by atoms with van der Waals surface area (Å²) >= 11 is 0. The first kappa shape index (κ1) is 24.9. The van der Waals surface area contributed by atoms with Gasteiger partial charge in [0.1, 0.15) is 5.82 Å². The number of nitrogens with zero attached hydrogens (tertiary/aromatic N) is 3. The molecule has 1 N–H and O–H groups in total. The van der Waals surface area contributed by atoms with Gasteiger partial charge in [0, 0.05) is 42.4 Å². The Labute approximate surface area is 208 Å². The molecule has 0 radical (unpaired) electrons. The number of hydrogen-bond acceptors (Lipinski definition) is 4. The fourth-order valence-electron chi connectivity index (χ4n) is 4.66. The summed E-state index contributed by atoms with van der Waals surface area (Å²) in [5, 5.41) is 3.32. The molecule has 6 heteroatoms. The third-order valence-electron chi connectivity index (χ3n) is 6.96. The summed E-state index contributed by atoms with van der Waals surface area (Å²) in [6.07, 6.45) is 0. The number of amides is 1. The van der Waals surface area contributed by atoms with E-state index in [9.17, 15) is 9.59 Å². The van der Waals surface area contributed by atoms with E-state index in [0.29, 0.717) is 41.7 Å². The summed E-state index contributed by atoms with van der Waals surface area (Å²) in [6.45, 7) is 12.8. The van der Waals surface area contributed by atoms with Gasteiger partial charge < -0.3 is 10.2 Å². The number of hydrogen-bond donors (Lipinski definition) is 1. The van der Waals surface area contributed by atoms with E-state index in [2.05, 4.69) is 19.2 Å². The molecular weight excluding hydrogens is 436 g/mol. The van der Waals surface area contributed by atoms with Crippen LogP contribution in [-0.2, 0) is 6.54 Å². The molecule has 184 valence electrons. The predicted molar refractivity (Wildman–Crippen MR) is 140 cm³/mol. The highest BCUT2D eigenvalue weighted by Crippen LogP contribution is 2.31. The van der Waals surface area contributed by atoms with Crippen LogP contribution in [0.2, 0.25) is 0 Å². The number of carbonyl (C=O) groups excluding carboxylic acids is 1. The maximum absolute atomic E-state index is 13.9. The summed E-state index contributed by atoms with van der Waals surface area (Å²) in [5.74, 6) is 1.08. The Bertz CT molecular complexity index is 1230. The van der Waals surface area contributed by atoms with Gasteiger partial charge in [-0.15, -0.1) is 0 Å². The molecule has 1 saturated heterocycles. The van der Waals surface area contributed by atoms with Gasteiger partial charge >= 0.3 is 0 Å². The molecule has 1 amide bonds. The Morgan fingerprint density at radius 3 is 2.29 bits per heavy atom. The van der Waals surface area contributed by atoms with Gasteiger partial charge in [0.05, 0.1) is 12.6 Å². The molecule has 4 rings (SSSR count). The smallest absolute Gasteiger partial charge is 0.257 e. The van der Waals surface area contributed by atoms with Crippen molar-refractivity contribution in [2.75, 3.05) is 19.6 Å². The minimum atomic E-state index is -0.333. The lowest BCUT2D eigenvalue weighted by molar-refractivity contribution is 0.0526. The van der Waals surface area contributed by atoms with E-state index in [1.165, 1.54) is 0 Å². The van der Waals surface area contributed by atoms with E-state index < -0.39 is 0 Å². The van der Waals surface area contributed by atoms with Gasteiger partial charge in [-0.05, 0) is 44.4 Å². The number of rotatable bonds is 8. The van der Waals surface area contributed by atoms with Crippen molar-refractivity contribution in [1.29, 1.82) is 0 Å². The number of aromatic nitrogens is 2. The molecular formula is C29H36N4O2. The number of nitrogens with one attached hydrogen (secondary N) is 1. The standard InChI is InChI=1S/C29H36N4O2/c1-19(2)26(32(18-24-15-30-16-24)29(35)25-13-11-20(3)12-14-25)27-31-22(5)21(4)28(34)33(27)17-23-9-7-6-8-10-23/h6-14,19,24,26,30H,15-18H2,1-5H3. The molecule has 35 heavy (non-hydrogen) atoms. The summed E-state index contributed by atoms with van der Waals surface area (Å²) < 4.78 is 1.77. The lowest BCUT2D eigenvalue weighted by Crippen LogP contribution is -2.51. The Morgan fingerprint density at radius 1 is 1.06 bits per heavy atom. The van der Waals surface area contributed by atoms with Crippen molar-refractivity contribution in [3.05, 3.63) is 98.7 Å². The molecule has 1 aromatic heterocycles. The van der Waals surface area contributed by atoms with Crippen LogP contribution >= 0.6 is 0 Å². The maximum Gasteiger partial charge on any atom is 0.257 e. The zero-order valence-electron chi connectivity index (χ0n) is 21.4. The van der Waals surface area contributed by atoms with Gasteiger partial charge in [-0.3, -0.25) is 14.2 Å². The average molecular weight is 473 g/mol. The lowest BCUT2D eigenvalue weighted by atomic mass is 9.95. The van der Waals surface area contributed by atoms with Gasteiger partial charge in [0.15, 0.2) is 0 Å². The first-order chi connectivity index (χ1) is 16.8. The van der Waals surface area contributed by atoms with Crippen molar-refractivity contribution in [3.8, 4) is 0 Å². The van der Waals surface area contributed by atoms with Crippen molar-refractivity contribution >= 4 is 5.91 Å². The lowest BCUT2D eigenvalue weighted by Gasteiger charge is -2.40. The minimum Gasteiger partial charge on any atom is -0.328 e. The third-order valence-corrected chi connectivity index (χ3v) is 6.96. The van der Waals surface area contributed by atoms with Gasteiger partial charge in [-0.1, -0.05) is 61.9 Å². The summed E-state index contributed by atoms with van der Waals surface area (Å²) in [6, 6.07) is 17.4. The monoisotopic (exact) mass is 472 g/mol. The van der Waals surface area contributed by atoms with Gasteiger partial charge in [0.2, 0.25) is 0 Å². The molecule has 0 saturated carbocycles. The second kappa shape index (κ2) is 10.6. The zero-order valence-corrected chi connectivity index (χ0v) is 21.4. The van der Waals surface area contributed by atoms with Crippen LogP contribution in [0.1, 0.15) is 58.5 Å². The van der Waals surface area contributed by atoms with Crippen molar-refractivity contribution in [1.82, 2.24) is 19.8 Å². The van der Waals surface area contributed by atoms with Crippen molar-refractivity contribution in [2.45, 2.75) is 47.2 Å². The Morgan fingerprint density at radius 2 is 1.71 bits per heavy atom. The third kappa shape index (κ3) is 5.38. The predicted octanol–water partition coefficient (Wildman–Crippen LogP) is 4.28. The Hall–Kier alpha value is -3.25. The zero-order chi connectivity index (χ0) is 25.1. The van der Waals surface area contributed by atoms with E-state index in [4.69, 9.17) is 4.98 Å². The van der Waals surface area contributed by atoms with Crippen molar-refractivity contribution in [2.24, 2.45) is 11.8 Å². The van der Waals surface area contributed by atoms with E-state index >= 15 is 0 Å². The van der Waals surface area contributed by atoms with Gasteiger partial charge in [-0.25, -0.2) is 4.98 Å². The second-order valence-electron chi connectivity index (χ2n) is 10.1. The van der Waals surface area contributed by atoms with Crippen LogP contribution in [-0.4, -0.2) is 40.0 Å². The maximum atomic E-state index is 13.9. The molecule has 0 spiro atoms. The highest BCUT2D eigenvalue weighted by molar-refractivity contribution is 5.94. The normalized spacial score (nSPS) is 14.6. The average Bonchev–Trinajstić information content (AvgIpc) is 2.81. The molecule has 1 unspecified atom stereocenters. The van der Waals surface area contributed by atoms with Crippen LogP contribution in [0.3, 0.4) is 0 Å². The molecule has 1 fully saturated rings. The SMILES string of the molecule is Cc1ccc(C(=O)N(CC2CNC2)C(c2nc(C)c(C)c(=O)n2Cc2ccccc2)C(C)C)cc1. The van der Waals surface area contributed by atoms with Crippen LogP contribution in [0.25, 0.3) is 0 Å². The van der Waals surface area contributed by atoms with E-state index in [1.54, 1.807) is 4.57 Å². The Kier molecular flexibility index (Phi) is 7.51. The van der Waals surface area contributed by atoms with Gasteiger partial charge in [0.25, 0.3) is 11.5 Å². The highest BCUT2D eigenvalue weighted by atomic mass is 16.2. The molecule has 2 aromatic carbocycles. The first-order valence-corrected chi connectivity index (χ1v) is 12.5. The van der Waals surface area contributed by atoms with E-state index in [-0.39, 0.29) is 23.4 Å². The summed E-state index contributed by atoms with van der Waals surface area (Å²) in [5.41, 5.74) is 4.12. The molecule has 1 aliphatic heterocycles. The van der Waals surface area contributed by atoms with Crippen LogP contribution in [0.15, 0.2) is 59.4 Å². The van der Waals surface area contributed by atoms with Crippen LogP contribution in [0.4, 0.5) is 0 Å². The molecule has 3 aromatic rings. The van der Waals surface area contributed by atoms with Crippen LogP contribution in [0, 0.1) is 32.6 Å². The van der Waals surface area contributed by atoms with E-state index in [1.807, 2.05) is 80.3 Å². The Balaban J connectivity index is 1.84. The molecule has 1 aliphatic rings. The fourth-order valence-corrected chi connectivity index (χ4v) is 4.66. The largest absolute Gasteiger partial charge is 0.328 e. The number of carbonyl (C=O) groups is 1. The fraction of sp³-hybridized carbons (Fsp3) is 0.414.